The number of benzene rings is 1. The quantitative estimate of drug-likeness (QED) is 0.577. The largest absolute Gasteiger partial charge is 0.379 e. The van der Waals surface area contributed by atoms with Gasteiger partial charge >= 0.3 is 0 Å². The van der Waals surface area contributed by atoms with Crippen molar-refractivity contribution in [3.63, 3.8) is 0 Å². The first-order valence-electron chi connectivity index (χ1n) is 9.10. The van der Waals surface area contributed by atoms with Gasteiger partial charge in [0.15, 0.2) is 0 Å². The third-order valence-electron chi connectivity index (χ3n) is 4.48. The minimum Gasteiger partial charge on any atom is -0.379 e. The van der Waals surface area contributed by atoms with Crippen molar-refractivity contribution < 1.29 is 13.2 Å². The summed E-state index contributed by atoms with van der Waals surface area (Å²) in [5.74, 6) is 0. The molecule has 7 heteroatoms. The van der Waals surface area contributed by atoms with Crippen LogP contribution in [0, 0.1) is 0 Å². The average molecular weight is 389 g/mol. The molecule has 1 fully saturated rings. The van der Waals surface area contributed by atoms with Gasteiger partial charge in [0.25, 0.3) is 0 Å². The zero-order chi connectivity index (χ0) is 18.1. The minimum absolute atomic E-state index is 0.203. The van der Waals surface area contributed by atoms with E-state index in [2.05, 4.69) is 11.8 Å². The molecule has 0 aromatic heterocycles. The molecule has 1 aromatic carbocycles. The maximum atomic E-state index is 13.1. The predicted molar refractivity (Wildman–Crippen MR) is 102 cm³/mol. The average Bonchev–Trinajstić information content (AvgIpc) is 2.62. The Balaban J connectivity index is 2.07. The SMILES string of the molecule is CCCCCCN(CCN1CCOCC1)S(=O)(=O)c1ccccc1Cl. The summed E-state index contributed by atoms with van der Waals surface area (Å²) in [5.41, 5.74) is 0. The van der Waals surface area contributed by atoms with Crippen LogP contribution in [0.5, 0.6) is 0 Å². The molecule has 0 unspecified atom stereocenters. The minimum atomic E-state index is -3.58. The number of halogens is 1. The molecule has 0 radical (unpaired) electrons. The highest BCUT2D eigenvalue weighted by Gasteiger charge is 2.26. The Labute approximate surface area is 157 Å². The molecule has 5 nitrogen and oxygen atoms in total. The van der Waals surface area contributed by atoms with Gasteiger partial charge in [-0.2, -0.15) is 4.31 Å². The lowest BCUT2D eigenvalue weighted by Crippen LogP contribution is -2.43. The zero-order valence-corrected chi connectivity index (χ0v) is 16.6. The molecular weight excluding hydrogens is 360 g/mol. The molecule has 0 N–H and O–H groups in total. The normalized spacial score (nSPS) is 16.4. The van der Waals surface area contributed by atoms with Crippen LogP contribution in [0.25, 0.3) is 0 Å². The topological polar surface area (TPSA) is 49.9 Å². The number of hydrogen-bond donors (Lipinski definition) is 0. The molecule has 0 spiro atoms. The second-order valence-electron chi connectivity index (χ2n) is 6.35. The van der Waals surface area contributed by atoms with Crippen LogP contribution in [0.2, 0.25) is 5.02 Å². The molecule has 25 heavy (non-hydrogen) atoms. The first kappa shape index (κ1) is 20.6. The fourth-order valence-corrected chi connectivity index (χ4v) is 4.90. The molecule has 0 saturated carbocycles. The van der Waals surface area contributed by atoms with Gasteiger partial charge in [-0.15, -0.1) is 0 Å². The van der Waals surface area contributed by atoms with E-state index in [0.29, 0.717) is 26.3 Å². The summed E-state index contributed by atoms with van der Waals surface area (Å²) in [6.45, 7) is 7.04. The lowest BCUT2D eigenvalue weighted by atomic mass is 10.2. The Morgan fingerprint density at radius 1 is 1.12 bits per heavy atom. The first-order valence-corrected chi connectivity index (χ1v) is 10.9. The smallest absolute Gasteiger partial charge is 0.244 e. The van der Waals surface area contributed by atoms with Gasteiger partial charge in [0.1, 0.15) is 4.90 Å². The van der Waals surface area contributed by atoms with Crippen LogP contribution in [0.4, 0.5) is 0 Å². The number of morpholine rings is 1. The van der Waals surface area contributed by atoms with E-state index >= 15 is 0 Å². The van der Waals surface area contributed by atoms with E-state index in [4.69, 9.17) is 16.3 Å². The molecule has 1 aliphatic heterocycles. The van der Waals surface area contributed by atoms with Crippen LogP contribution in [-0.2, 0) is 14.8 Å². The van der Waals surface area contributed by atoms with Crippen molar-refractivity contribution in [3.05, 3.63) is 29.3 Å². The summed E-state index contributed by atoms with van der Waals surface area (Å²) < 4.78 is 33.1. The second kappa shape index (κ2) is 10.5. The van der Waals surface area contributed by atoms with Gasteiger partial charge in [0.2, 0.25) is 10.0 Å². The number of sulfonamides is 1. The monoisotopic (exact) mass is 388 g/mol. The molecule has 1 saturated heterocycles. The Morgan fingerprint density at radius 2 is 1.84 bits per heavy atom. The maximum absolute atomic E-state index is 13.1. The lowest BCUT2D eigenvalue weighted by Gasteiger charge is -2.30. The van der Waals surface area contributed by atoms with Crippen molar-refractivity contribution in [2.24, 2.45) is 0 Å². The third kappa shape index (κ3) is 6.22. The number of ether oxygens (including phenoxy) is 1. The van der Waals surface area contributed by atoms with E-state index in [1.165, 1.54) is 0 Å². The molecule has 2 rings (SSSR count). The Morgan fingerprint density at radius 3 is 2.52 bits per heavy atom. The molecule has 1 aliphatic rings. The van der Waals surface area contributed by atoms with Crippen molar-refractivity contribution in [3.8, 4) is 0 Å². The van der Waals surface area contributed by atoms with Crippen LogP contribution in [0.1, 0.15) is 32.6 Å². The van der Waals surface area contributed by atoms with Gasteiger partial charge < -0.3 is 4.74 Å². The van der Waals surface area contributed by atoms with Gasteiger partial charge in [0, 0.05) is 32.7 Å². The fraction of sp³-hybridized carbons (Fsp3) is 0.667. The van der Waals surface area contributed by atoms with Crippen LogP contribution in [-0.4, -0.2) is 63.6 Å². The highest BCUT2D eigenvalue weighted by Crippen LogP contribution is 2.24. The predicted octanol–water partition coefficient (Wildman–Crippen LogP) is 3.24. The van der Waals surface area contributed by atoms with E-state index in [0.717, 1.165) is 45.3 Å². The van der Waals surface area contributed by atoms with Gasteiger partial charge in [-0.3, -0.25) is 4.90 Å². The first-order chi connectivity index (χ1) is 12.1. The highest BCUT2D eigenvalue weighted by atomic mass is 35.5. The van der Waals surface area contributed by atoms with E-state index in [9.17, 15) is 8.42 Å². The van der Waals surface area contributed by atoms with Gasteiger partial charge in [-0.25, -0.2) is 8.42 Å². The summed E-state index contributed by atoms with van der Waals surface area (Å²) in [7, 11) is -3.58. The fourth-order valence-electron chi connectivity index (χ4n) is 2.94. The van der Waals surface area contributed by atoms with E-state index in [1.54, 1.807) is 28.6 Å². The molecule has 0 amide bonds. The molecule has 142 valence electrons. The third-order valence-corrected chi connectivity index (χ3v) is 6.88. The molecule has 1 heterocycles. The van der Waals surface area contributed by atoms with E-state index in [1.807, 2.05) is 0 Å². The summed E-state index contributed by atoms with van der Waals surface area (Å²) in [4.78, 5) is 2.46. The van der Waals surface area contributed by atoms with Crippen LogP contribution >= 0.6 is 11.6 Å². The summed E-state index contributed by atoms with van der Waals surface area (Å²) >= 11 is 6.15. The van der Waals surface area contributed by atoms with Crippen molar-refractivity contribution in [1.29, 1.82) is 0 Å². The zero-order valence-electron chi connectivity index (χ0n) is 15.0. The Hall–Kier alpha value is -0.660. The molecular formula is C18H29ClN2O3S. The Kier molecular flexibility index (Phi) is 8.66. The van der Waals surface area contributed by atoms with Gasteiger partial charge in [-0.1, -0.05) is 49.9 Å². The second-order valence-corrected chi connectivity index (χ2v) is 8.66. The van der Waals surface area contributed by atoms with Crippen molar-refractivity contribution >= 4 is 21.6 Å². The van der Waals surface area contributed by atoms with Gasteiger partial charge in [0.05, 0.1) is 18.2 Å². The van der Waals surface area contributed by atoms with Crippen LogP contribution in [0.3, 0.4) is 0 Å². The van der Waals surface area contributed by atoms with E-state index in [-0.39, 0.29) is 9.92 Å². The molecule has 0 bridgehead atoms. The molecule has 0 atom stereocenters. The summed E-state index contributed by atoms with van der Waals surface area (Å²) in [6, 6.07) is 6.69. The van der Waals surface area contributed by atoms with E-state index < -0.39 is 10.0 Å². The standard InChI is InChI=1S/C18H29ClN2O3S/c1-2-3-4-7-10-21(12-11-20-13-15-24-16-14-20)25(22,23)18-9-6-5-8-17(18)19/h5-6,8-9H,2-4,7,10-16H2,1H3. The summed E-state index contributed by atoms with van der Waals surface area (Å²) in [5, 5.41) is 0.285. The number of unbranched alkanes of at least 4 members (excludes halogenated alkanes) is 3. The Bertz CT molecular complexity index is 619. The number of rotatable bonds is 10. The maximum Gasteiger partial charge on any atom is 0.244 e. The van der Waals surface area contributed by atoms with Crippen LogP contribution < -0.4 is 0 Å². The van der Waals surface area contributed by atoms with Crippen molar-refractivity contribution in [2.45, 2.75) is 37.5 Å². The number of hydrogen-bond acceptors (Lipinski definition) is 4. The number of nitrogens with zero attached hydrogens (tertiary/aromatic N) is 2. The lowest BCUT2D eigenvalue weighted by molar-refractivity contribution is 0.0362. The van der Waals surface area contributed by atoms with Crippen molar-refractivity contribution in [2.75, 3.05) is 45.9 Å². The van der Waals surface area contributed by atoms with Crippen molar-refractivity contribution in [1.82, 2.24) is 9.21 Å². The van der Waals surface area contributed by atoms with Crippen LogP contribution in [0.15, 0.2) is 29.2 Å². The molecule has 0 aliphatic carbocycles. The highest BCUT2D eigenvalue weighted by molar-refractivity contribution is 7.89. The molecule has 1 aromatic rings. The summed E-state index contributed by atoms with van der Waals surface area (Å²) in [6.07, 6.45) is 4.18. The van der Waals surface area contributed by atoms with Gasteiger partial charge in [-0.05, 0) is 18.6 Å².